The van der Waals surface area contributed by atoms with Gasteiger partial charge in [-0.2, -0.15) is 5.26 Å². The largest absolute Gasteiger partial charge is 0.402 e. The third kappa shape index (κ3) is 2.63. The smallest absolute Gasteiger partial charge is 0.363 e. The Hall–Kier alpha value is -3.26. The van der Waals surface area contributed by atoms with Crippen molar-refractivity contribution >= 4 is 17.9 Å². The zero-order valence-corrected chi connectivity index (χ0v) is 11.3. The highest BCUT2D eigenvalue weighted by Gasteiger charge is 2.25. The summed E-state index contributed by atoms with van der Waals surface area (Å²) in [6, 6.07) is 14.7. The molecule has 22 heavy (non-hydrogen) atoms. The highest BCUT2D eigenvalue weighted by molar-refractivity contribution is 6.12. The van der Waals surface area contributed by atoms with Crippen molar-refractivity contribution in [3.63, 3.8) is 0 Å². The van der Waals surface area contributed by atoms with Gasteiger partial charge in [-0.1, -0.05) is 24.3 Å². The van der Waals surface area contributed by atoms with Crippen molar-refractivity contribution in [2.24, 2.45) is 4.99 Å². The van der Waals surface area contributed by atoms with E-state index < -0.39 is 11.8 Å². The van der Waals surface area contributed by atoms with Crippen LogP contribution < -0.4 is 0 Å². The number of aliphatic imine (C=N–C) groups is 1. The molecule has 5 heteroatoms. The van der Waals surface area contributed by atoms with Crippen LogP contribution in [0, 0.1) is 17.1 Å². The van der Waals surface area contributed by atoms with E-state index >= 15 is 0 Å². The molecule has 0 radical (unpaired) electrons. The minimum Gasteiger partial charge on any atom is -0.402 e. The first-order valence-electron chi connectivity index (χ1n) is 6.45. The first-order chi connectivity index (χ1) is 10.7. The van der Waals surface area contributed by atoms with Crippen LogP contribution in [0.3, 0.4) is 0 Å². The zero-order valence-electron chi connectivity index (χ0n) is 11.3. The van der Waals surface area contributed by atoms with Gasteiger partial charge in [-0.3, -0.25) is 0 Å². The summed E-state index contributed by atoms with van der Waals surface area (Å²) in [4.78, 5) is 15.9. The number of hydrogen-bond donors (Lipinski definition) is 0. The molecule has 106 valence electrons. The van der Waals surface area contributed by atoms with Gasteiger partial charge in [-0.05, 0) is 35.9 Å². The van der Waals surface area contributed by atoms with E-state index in [-0.39, 0.29) is 17.2 Å². The summed E-state index contributed by atoms with van der Waals surface area (Å²) >= 11 is 0. The van der Waals surface area contributed by atoms with E-state index in [9.17, 15) is 9.18 Å². The predicted octanol–water partition coefficient (Wildman–Crippen LogP) is 3.04. The molecule has 0 atom stereocenters. The number of benzene rings is 2. The molecule has 0 aliphatic carbocycles. The van der Waals surface area contributed by atoms with Crippen molar-refractivity contribution in [2.75, 3.05) is 0 Å². The Bertz CT molecular complexity index is 863. The molecule has 0 aromatic heterocycles. The topological polar surface area (TPSA) is 62.4 Å². The van der Waals surface area contributed by atoms with Crippen LogP contribution in [0.2, 0.25) is 0 Å². The lowest BCUT2D eigenvalue weighted by Gasteiger charge is -1.99. The highest BCUT2D eigenvalue weighted by atomic mass is 19.1. The quantitative estimate of drug-likeness (QED) is 0.631. The van der Waals surface area contributed by atoms with Crippen LogP contribution in [0.5, 0.6) is 0 Å². The Kier molecular flexibility index (Phi) is 3.50. The number of carbonyl (C=O) groups is 1. The van der Waals surface area contributed by atoms with E-state index in [1.54, 1.807) is 36.4 Å². The van der Waals surface area contributed by atoms with Gasteiger partial charge in [0, 0.05) is 0 Å². The Morgan fingerprint density at radius 1 is 1.18 bits per heavy atom. The number of ether oxygens (including phenoxy) is 1. The van der Waals surface area contributed by atoms with E-state index in [0.717, 1.165) is 0 Å². The average Bonchev–Trinajstić information content (AvgIpc) is 2.89. The monoisotopic (exact) mass is 292 g/mol. The molecule has 0 amide bonds. The first-order valence-corrected chi connectivity index (χ1v) is 6.45. The maximum absolute atomic E-state index is 13.7. The van der Waals surface area contributed by atoms with E-state index in [0.29, 0.717) is 11.1 Å². The van der Waals surface area contributed by atoms with Crippen molar-refractivity contribution < 1.29 is 13.9 Å². The lowest BCUT2D eigenvalue weighted by atomic mass is 10.1. The molecule has 0 saturated heterocycles. The van der Waals surface area contributed by atoms with Crippen LogP contribution in [0.25, 0.3) is 6.08 Å². The van der Waals surface area contributed by atoms with Crippen molar-refractivity contribution in [1.29, 1.82) is 5.26 Å². The number of cyclic esters (lactones) is 1. The van der Waals surface area contributed by atoms with Gasteiger partial charge in [-0.15, -0.1) is 0 Å². The lowest BCUT2D eigenvalue weighted by molar-refractivity contribution is -0.129. The number of rotatable bonds is 2. The summed E-state index contributed by atoms with van der Waals surface area (Å²) in [6.45, 7) is 0. The summed E-state index contributed by atoms with van der Waals surface area (Å²) < 4.78 is 18.7. The summed E-state index contributed by atoms with van der Waals surface area (Å²) in [5, 5.41) is 8.86. The van der Waals surface area contributed by atoms with Crippen LogP contribution in [-0.4, -0.2) is 11.9 Å². The van der Waals surface area contributed by atoms with Crippen LogP contribution in [-0.2, 0) is 9.53 Å². The summed E-state index contributed by atoms with van der Waals surface area (Å²) in [6.07, 6.45) is 1.50. The van der Waals surface area contributed by atoms with Crippen LogP contribution in [0.15, 0.2) is 59.2 Å². The summed E-state index contributed by atoms with van der Waals surface area (Å²) in [5.41, 5.74) is 1.31. The molecule has 0 saturated carbocycles. The molecular weight excluding hydrogens is 283 g/mol. The molecule has 2 aromatic carbocycles. The third-order valence-electron chi connectivity index (χ3n) is 3.04. The van der Waals surface area contributed by atoms with Gasteiger partial charge >= 0.3 is 5.97 Å². The molecule has 1 heterocycles. The summed E-state index contributed by atoms with van der Waals surface area (Å²) in [5.74, 6) is -1.23. The first kappa shape index (κ1) is 13.7. The Labute approximate surface area is 125 Å². The molecule has 0 fully saturated rings. The molecule has 0 bridgehead atoms. The predicted molar refractivity (Wildman–Crippen MR) is 78.2 cm³/mol. The minimum atomic E-state index is -0.652. The van der Waals surface area contributed by atoms with Crippen molar-refractivity contribution in [2.45, 2.75) is 0 Å². The van der Waals surface area contributed by atoms with Crippen LogP contribution in [0.1, 0.15) is 16.7 Å². The molecule has 2 aromatic rings. The molecule has 3 rings (SSSR count). The van der Waals surface area contributed by atoms with Gasteiger partial charge in [0.15, 0.2) is 5.70 Å². The van der Waals surface area contributed by atoms with Crippen LogP contribution >= 0.6 is 0 Å². The van der Waals surface area contributed by atoms with Gasteiger partial charge in [0.05, 0.1) is 17.2 Å². The molecule has 1 aliphatic rings. The molecule has 1 aliphatic heterocycles. The van der Waals surface area contributed by atoms with Gasteiger partial charge in [0.1, 0.15) is 5.82 Å². The maximum Gasteiger partial charge on any atom is 0.363 e. The number of nitriles is 1. The van der Waals surface area contributed by atoms with E-state index in [2.05, 4.69) is 4.99 Å². The number of nitrogens with zero attached hydrogens (tertiary/aromatic N) is 2. The van der Waals surface area contributed by atoms with Crippen molar-refractivity contribution in [1.82, 2.24) is 0 Å². The second-order valence-corrected chi connectivity index (χ2v) is 4.55. The fourth-order valence-corrected chi connectivity index (χ4v) is 2.01. The molecular formula is C17H9FN2O2. The van der Waals surface area contributed by atoms with Gasteiger partial charge in [-0.25, -0.2) is 14.2 Å². The fraction of sp³-hybridized carbons (Fsp3) is 0. The Morgan fingerprint density at radius 3 is 2.77 bits per heavy atom. The number of esters is 1. The normalized spacial score (nSPS) is 15.4. The van der Waals surface area contributed by atoms with Gasteiger partial charge < -0.3 is 4.74 Å². The lowest BCUT2D eigenvalue weighted by Crippen LogP contribution is -2.07. The number of carbonyl (C=O) groups excluding carboxylic acids is 1. The van der Waals surface area contributed by atoms with E-state index in [1.807, 2.05) is 6.07 Å². The fourth-order valence-electron chi connectivity index (χ4n) is 2.01. The zero-order chi connectivity index (χ0) is 15.5. The van der Waals surface area contributed by atoms with Gasteiger partial charge in [0.25, 0.3) is 0 Å². The number of hydrogen-bond acceptors (Lipinski definition) is 4. The maximum atomic E-state index is 13.7. The second-order valence-electron chi connectivity index (χ2n) is 4.55. The standard InChI is InChI=1S/C17H9FN2O2/c18-14-7-2-1-6-13(14)16-20-15(17(21)22-16)9-11-4-3-5-12(8-11)10-19/h1-9H/b15-9+. The molecule has 4 nitrogen and oxygen atoms in total. The molecule has 0 N–H and O–H groups in total. The minimum absolute atomic E-state index is 0.0633. The molecule has 0 spiro atoms. The third-order valence-corrected chi connectivity index (χ3v) is 3.04. The molecule has 0 unspecified atom stereocenters. The van der Waals surface area contributed by atoms with Crippen molar-refractivity contribution in [3.05, 3.63) is 76.7 Å². The SMILES string of the molecule is N#Cc1cccc(/C=C2/N=C(c3ccccc3F)OC2=O)c1. The van der Waals surface area contributed by atoms with Crippen molar-refractivity contribution in [3.8, 4) is 6.07 Å². The van der Waals surface area contributed by atoms with E-state index in [1.165, 1.54) is 18.2 Å². The second kappa shape index (κ2) is 5.62. The van der Waals surface area contributed by atoms with E-state index in [4.69, 9.17) is 10.00 Å². The number of halogens is 1. The Morgan fingerprint density at radius 2 is 2.00 bits per heavy atom. The highest BCUT2D eigenvalue weighted by Crippen LogP contribution is 2.20. The van der Waals surface area contributed by atoms with Crippen LogP contribution in [0.4, 0.5) is 4.39 Å². The average molecular weight is 292 g/mol. The van der Waals surface area contributed by atoms with Gasteiger partial charge in [0.2, 0.25) is 5.90 Å². The Balaban J connectivity index is 1.98. The summed E-state index contributed by atoms with van der Waals surface area (Å²) in [7, 11) is 0.